The molecule has 0 saturated heterocycles. The Hall–Kier alpha value is -0.860. The maximum Gasteiger partial charge on any atom is 0.179 e. The number of Topliss-reactive ketones (excluding diaryl/α,β-unsaturated/α-hetero) is 1. The smallest absolute Gasteiger partial charge is 0.179 e. The molecule has 1 unspecified atom stereocenters. The van der Waals surface area contributed by atoms with E-state index in [1.807, 2.05) is 37.3 Å². The van der Waals surface area contributed by atoms with Crippen LogP contribution in [-0.2, 0) is 0 Å². The van der Waals surface area contributed by atoms with Crippen molar-refractivity contribution in [2.24, 2.45) is 0 Å². The maximum atomic E-state index is 12.2. The van der Waals surface area contributed by atoms with E-state index in [0.717, 1.165) is 31.4 Å². The van der Waals surface area contributed by atoms with Crippen LogP contribution in [0.25, 0.3) is 0 Å². The number of nitrogens with one attached hydrogen (secondary N) is 1. The third-order valence-electron chi connectivity index (χ3n) is 2.67. The molecule has 0 aromatic heterocycles. The maximum absolute atomic E-state index is 12.2. The fourth-order valence-electron chi connectivity index (χ4n) is 1.78. The van der Waals surface area contributed by atoms with Crippen LogP contribution in [0, 0.1) is 0 Å². The Morgan fingerprint density at radius 1 is 1.24 bits per heavy atom. The van der Waals surface area contributed by atoms with Gasteiger partial charge in [-0.1, -0.05) is 57.0 Å². The van der Waals surface area contributed by atoms with Crippen molar-refractivity contribution in [1.82, 2.24) is 5.32 Å². The van der Waals surface area contributed by atoms with Gasteiger partial charge >= 0.3 is 0 Å². The highest BCUT2D eigenvalue weighted by Gasteiger charge is 2.17. The number of halogens is 1. The van der Waals surface area contributed by atoms with Crippen molar-refractivity contribution < 1.29 is 4.79 Å². The van der Waals surface area contributed by atoms with Crippen LogP contribution in [-0.4, -0.2) is 18.4 Å². The largest absolute Gasteiger partial charge is 0.307 e. The van der Waals surface area contributed by atoms with Gasteiger partial charge in [0.05, 0.1) is 6.04 Å². The van der Waals surface area contributed by atoms with Crippen molar-refractivity contribution in [3.05, 3.63) is 35.9 Å². The van der Waals surface area contributed by atoms with Gasteiger partial charge in [-0.25, -0.2) is 0 Å². The van der Waals surface area contributed by atoms with Crippen LogP contribution < -0.4 is 5.32 Å². The molecule has 0 saturated carbocycles. The number of hydrogen-bond donors (Lipinski definition) is 1. The zero-order valence-corrected chi connectivity index (χ0v) is 11.4. The highest BCUT2D eigenvalue weighted by atomic mass is 35.5. The van der Waals surface area contributed by atoms with Crippen LogP contribution in [0.2, 0.25) is 0 Å². The van der Waals surface area contributed by atoms with Gasteiger partial charge in [-0.15, -0.1) is 12.4 Å². The molecule has 0 heterocycles. The molecule has 1 atom stereocenters. The van der Waals surface area contributed by atoms with E-state index < -0.39 is 0 Å². The van der Waals surface area contributed by atoms with Crippen LogP contribution in [0.5, 0.6) is 0 Å². The van der Waals surface area contributed by atoms with E-state index in [9.17, 15) is 4.79 Å². The van der Waals surface area contributed by atoms with Crippen molar-refractivity contribution >= 4 is 18.2 Å². The quantitative estimate of drug-likeness (QED) is 0.756. The Labute approximate surface area is 110 Å². The van der Waals surface area contributed by atoms with E-state index in [1.54, 1.807) is 0 Å². The molecule has 1 aromatic rings. The molecule has 0 aliphatic heterocycles. The lowest BCUT2D eigenvalue weighted by atomic mass is 9.99. The molecule has 0 fully saturated rings. The molecular formula is C14H22ClNO. The lowest BCUT2D eigenvalue weighted by molar-refractivity contribution is 0.0937. The topological polar surface area (TPSA) is 29.1 Å². The van der Waals surface area contributed by atoms with Gasteiger partial charge in [0, 0.05) is 5.56 Å². The minimum Gasteiger partial charge on any atom is -0.307 e. The first-order chi connectivity index (χ1) is 7.79. The molecule has 2 nitrogen and oxygen atoms in total. The Bertz CT molecular complexity index is 313. The number of ketones is 1. The highest BCUT2D eigenvalue weighted by molar-refractivity contribution is 6.00. The number of carbonyl (C=O) groups excluding carboxylic acids is 1. The summed E-state index contributed by atoms with van der Waals surface area (Å²) in [6, 6.07) is 9.52. The van der Waals surface area contributed by atoms with Crippen molar-refractivity contribution in [2.45, 2.75) is 39.2 Å². The van der Waals surface area contributed by atoms with Crippen molar-refractivity contribution in [3.8, 4) is 0 Å². The number of hydrogen-bond acceptors (Lipinski definition) is 2. The van der Waals surface area contributed by atoms with Crippen molar-refractivity contribution in [2.75, 3.05) is 6.54 Å². The van der Waals surface area contributed by atoms with E-state index in [0.29, 0.717) is 0 Å². The molecule has 96 valence electrons. The zero-order valence-electron chi connectivity index (χ0n) is 10.6. The van der Waals surface area contributed by atoms with Crippen molar-refractivity contribution in [1.29, 1.82) is 0 Å². The summed E-state index contributed by atoms with van der Waals surface area (Å²) in [6.45, 7) is 5.03. The number of benzene rings is 1. The van der Waals surface area contributed by atoms with Gasteiger partial charge in [-0.2, -0.15) is 0 Å². The second kappa shape index (κ2) is 9.20. The summed E-state index contributed by atoms with van der Waals surface area (Å²) in [5.74, 6) is 0.218. The number of rotatable bonds is 7. The Balaban J connectivity index is 0.00000256. The first kappa shape index (κ1) is 16.1. The molecular weight excluding hydrogens is 234 g/mol. The van der Waals surface area contributed by atoms with E-state index in [4.69, 9.17) is 0 Å². The third-order valence-corrected chi connectivity index (χ3v) is 2.67. The van der Waals surface area contributed by atoms with Crippen LogP contribution in [0.3, 0.4) is 0 Å². The molecule has 17 heavy (non-hydrogen) atoms. The molecule has 1 rings (SSSR count). The molecule has 0 radical (unpaired) electrons. The third kappa shape index (κ3) is 5.33. The van der Waals surface area contributed by atoms with Crippen molar-refractivity contribution in [3.63, 3.8) is 0 Å². The lowest BCUT2D eigenvalue weighted by Crippen LogP contribution is -2.36. The molecule has 0 spiro atoms. The monoisotopic (exact) mass is 255 g/mol. The van der Waals surface area contributed by atoms with E-state index in [2.05, 4.69) is 12.2 Å². The van der Waals surface area contributed by atoms with Gasteiger partial charge in [0.15, 0.2) is 5.78 Å². The summed E-state index contributed by atoms with van der Waals surface area (Å²) in [6.07, 6.45) is 3.15. The van der Waals surface area contributed by atoms with Gasteiger partial charge in [0.1, 0.15) is 0 Å². The average Bonchev–Trinajstić information content (AvgIpc) is 2.35. The fourth-order valence-corrected chi connectivity index (χ4v) is 1.78. The van der Waals surface area contributed by atoms with Gasteiger partial charge < -0.3 is 5.32 Å². The minimum atomic E-state index is -0.0210. The minimum absolute atomic E-state index is 0. The lowest BCUT2D eigenvalue weighted by Gasteiger charge is -2.16. The first-order valence-electron chi connectivity index (χ1n) is 6.12. The SMILES string of the molecule is CCCCC(NCC)C(=O)c1ccccc1.Cl. The molecule has 0 aliphatic rings. The summed E-state index contributed by atoms with van der Waals surface area (Å²) in [5.41, 5.74) is 0.810. The van der Waals surface area contributed by atoms with Crippen LogP contribution >= 0.6 is 12.4 Å². The molecule has 0 aliphatic carbocycles. The van der Waals surface area contributed by atoms with Gasteiger partial charge in [0.25, 0.3) is 0 Å². The second-order valence-electron chi connectivity index (χ2n) is 3.98. The predicted octanol–water partition coefficient (Wildman–Crippen LogP) is 3.46. The summed E-state index contributed by atoms with van der Waals surface area (Å²) in [4.78, 5) is 12.2. The normalized spacial score (nSPS) is 11.6. The van der Waals surface area contributed by atoms with Gasteiger partial charge in [-0.3, -0.25) is 4.79 Å². The fraction of sp³-hybridized carbons (Fsp3) is 0.500. The predicted molar refractivity (Wildman–Crippen MR) is 75.0 cm³/mol. The van der Waals surface area contributed by atoms with Crippen LogP contribution in [0.1, 0.15) is 43.5 Å². The second-order valence-corrected chi connectivity index (χ2v) is 3.98. The van der Waals surface area contributed by atoms with E-state index in [1.165, 1.54) is 0 Å². The summed E-state index contributed by atoms with van der Waals surface area (Å²) in [7, 11) is 0. The molecule has 1 aromatic carbocycles. The zero-order chi connectivity index (χ0) is 11.8. The number of carbonyl (C=O) groups is 1. The average molecular weight is 256 g/mol. The Morgan fingerprint density at radius 2 is 1.88 bits per heavy atom. The molecule has 0 bridgehead atoms. The Kier molecular flexibility index (Phi) is 8.73. The van der Waals surface area contributed by atoms with Gasteiger partial charge in [0.2, 0.25) is 0 Å². The summed E-state index contributed by atoms with van der Waals surface area (Å²) in [5, 5.41) is 3.27. The standard InChI is InChI=1S/C14H21NO.ClH/c1-3-5-11-13(15-4-2)14(16)12-9-7-6-8-10-12;/h6-10,13,15H,3-5,11H2,1-2H3;1H. The molecule has 3 heteroatoms. The molecule has 1 N–H and O–H groups in total. The first-order valence-corrected chi connectivity index (χ1v) is 6.12. The van der Waals surface area contributed by atoms with Crippen LogP contribution in [0.4, 0.5) is 0 Å². The Morgan fingerprint density at radius 3 is 2.41 bits per heavy atom. The summed E-state index contributed by atoms with van der Waals surface area (Å²) < 4.78 is 0. The van der Waals surface area contributed by atoms with E-state index in [-0.39, 0.29) is 24.2 Å². The highest BCUT2D eigenvalue weighted by Crippen LogP contribution is 2.09. The molecule has 0 amide bonds. The number of unbranched alkanes of at least 4 members (excludes halogenated alkanes) is 1. The van der Waals surface area contributed by atoms with Crippen LogP contribution in [0.15, 0.2) is 30.3 Å². The van der Waals surface area contributed by atoms with E-state index >= 15 is 0 Å². The van der Waals surface area contributed by atoms with Gasteiger partial charge in [-0.05, 0) is 13.0 Å². The number of likely N-dealkylation sites (N-methyl/N-ethyl adjacent to an activating group) is 1. The summed E-state index contributed by atoms with van der Waals surface area (Å²) >= 11 is 0.